The van der Waals surface area contributed by atoms with Crippen LogP contribution in [0.3, 0.4) is 0 Å². The lowest BCUT2D eigenvalue weighted by atomic mass is 9.71. The van der Waals surface area contributed by atoms with Gasteiger partial charge in [0.1, 0.15) is 0 Å². The predicted molar refractivity (Wildman–Crippen MR) is 72.5 cm³/mol. The second-order valence-corrected chi connectivity index (χ2v) is 6.64. The molecule has 0 spiro atoms. The van der Waals surface area contributed by atoms with E-state index in [1.807, 2.05) is 6.92 Å². The van der Waals surface area contributed by atoms with Gasteiger partial charge >= 0.3 is 0 Å². The highest BCUT2D eigenvalue weighted by Crippen LogP contribution is 2.39. The third-order valence-corrected chi connectivity index (χ3v) is 3.82. The second kappa shape index (κ2) is 5.46. The molecular weight excluding hydrogens is 218 g/mol. The van der Waals surface area contributed by atoms with Crippen molar-refractivity contribution in [3.63, 3.8) is 0 Å². The van der Waals surface area contributed by atoms with Crippen LogP contribution in [0.1, 0.15) is 47.0 Å². The zero-order chi connectivity index (χ0) is 12.3. The van der Waals surface area contributed by atoms with Crippen molar-refractivity contribution in [3.05, 3.63) is 0 Å². The van der Waals surface area contributed by atoms with Gasteiger partial charge < -0.3 is 10.5 Å². The summed E-state index contributed by atoms with van der Waals surface area (Å²) in [6.07, 6.45) is 4.02. The summed E-state index contributed by atoms with van der Waals surface area (Å²) < 4.78 is 5.94. The maximum atomic E-state index is 5.94. The van der Waals surface area contributed by atoms with Crippen molar-refractivity contribution in [3.8, 4) is 0 Å². The van der Waals surface area contributed by atoms with Crippen molar-refractivity contribution < 1.29 is 4.74 Å². The third-order valence-electron chi connectivity index (χ3n) is 3.41. The molecule has 16 heavy (non-hydrogen) atoms. The summed E-state index contributed by atoms with van der Waals surface area (Å²) in [6.45, 7) is 9.67. The van der Waals surface area contributed by atoms with Gasteiger partial charge in [0.2, 0.25) is 0 Å². The van der Waals surface area contributed by atoms with E-state index in [0.29, 0.717) is 23.1 Å². The Morgan fingerprint density at radius 1 is 1.50 bits per heavy atom. The molecule has 0 radical (unpaired) electrons. The van der Waals surface area contributed by atoms with Crippen molar-refractivity contribution in [1.82, 2.24) is 0 Å². The first-order valence-corrected chi connectivity index (χ1v) is 6.62. The molecule has 0 bridgehead atoms. The highest BCUT2D eigenvalue weighted by Gasteiger charge is 2.32. The van der Waals surface area contributed by atoms with Gasteiger partial charge in [-0.2, -0.15) is 0 Å². The van der Waals surface area contributed by atoms with Gasteiger partial charge in [-0.05, 0) is 30.6 Å². The molecule has 1 fully saturated rings. The summed E-state index contributed by atoms with van der Waals surface area (Å²) >= 11 is 4.95. The lowest BCUT2D eigenvalue weighted by molar-refractivity contribution is -0.0279. The molecule has 0 aromatic heterocycles. The summed E-state index contributed by atoms with van der Waals surface area (Å²) in [4.78, 5) is 0.558. The molecule has 94 valence electrons. The minimum Gasteiger partial charge on any atom is -0.393 e. The Hall–Kier alpha value is -0.150. The number of rotatable bonds is 4. The minimum atomic E-state index is 0.190. The van der Waals surface area contributed by atoms with E-state index in [1.165, 1.54) is 12.8 Å². The topological polar surface area (TPSA) is 35.2 Å². The molecular formula is C13H25NOS. The van der Waals surface area contributed by atoms with Gasteiger partial charge in [-0.3, -0.25) is 0 Å². The number of hydrogen-bond donors (Lipinski definition) is 1. The Balaban J connectivity index is 2.40. The van der Waals surface area contributed by atoms with Gasteiger partial charge in [-0.15, -0.1) is 0 Å². The van der Waals surface area contributed by atoms with Gasteiger partial charge in [0.25, 0.3) is 0 Å². The van der Waals surface area contributed by atoms with E-state index in [9.17, 15) is 0 Å². The van der Waals surface area contributed by atoms with Gasteiger partial charge in [-0.1, -0.05) is 39.9 Å². The number of hydrogen-bond acceptors (Lipinski definition) is 2. The van der Waals surface area contributed by atoms with Crippen LogP contribution in [-0.4, -0.2) is 17.7 Å². The van der Waals surface area contributed by atoms with Gasteiger partial charge in [0.05, 0.1) is 17.7 Å². The summed E-state index contributed by atoms with van der Waals surface area (Å²) in [5.41, 5.74) is 6.00. The number of ether oxygens (including phenoxy) is 1. The lowest BCUT2D eigenvalue weighted by Crippen LogP contribution is -2.34. The van der Waals surface area contributed by atoms with Gasteiger partial charge in [-0.25, -0.2) is 0 Å². The molecule has 1 aliphatic carbocycles. The van der Waals surface area contributed by atoms with Crippen LogP contribution in [0.4, 0.5) is 0 Å². The largest absolute Gasteiger partial charge is 0.393 e. The fourth-order valence-corrected chi connectivity index (χ4v) is 2.82. The van der Waals surface area contributed by atoms with Crippen molar-refractivity contribution >= 4 is 17.2 Å². The van der Waals surface area contributed by atoms with E-state index in [-0.39, 0.29) is 5.92 Å². The zero-order valence-corrected chi connectivity index (χ0v) is 11.8. The third kappa shape index (κ3) is 4.38. The first-order chi connectivity index (χ1) is 7.30. The maximum absolute atomic E-state index is 5.94. The standard InChI is InChI=1S/C13H25NOS/c1-9-5-11(7-13(3,4)6-9)15-8-10(2)12(14)16/h9-11H,5-8H2,1-4H3,(H2,14,16). The molecule has 1 rings (SSSR count). The monoisotopic (exact) mass is 243 g/mol. The molecule has 3 atom stereocenters. The lowest BCUT2D eigenvalue weighted by Gasteiger charge is -2.39. The molecule has 0 amide bonds. The van der Waals surface area contributed by atoms with Gasteiger partial charge in [0.15, 0.2) is 0 Å². The fraction of sp³-hybridized carbons (Fsp3) is 0.923. The van der Waals surface area contributed by atoms with E-state index >= 15 is 0 Å². The molecule has 2 N–H and O–H groups in total. The Labute approximate surface area is 105 Å². The first kappa shape index (κ1) is 13.9. The summed E-state index contributed by atoms with van der Waals surface area (Å²) in [5, 5.41) is 0. The average Bonchev–Trinajstić information content (AvgIpc) is 2.10. The van der Waals surface area contributed by atoms with E-state index in [4.69, 9.17) is 22.7 Å². The van der Waals surface area contributed by atoms with Crippen molar-refractivity contribution in [1.29, 1.82) is 0 Å². The van der Waals surface area contributed by atoms with Crippen LogP contribution in [0.15, 0.2) is 0 Å². The van der Waals surface area contributed by atoms with Crippen LogP contribution in [-0.2, 0) is 4.74 Å². The second-order valence-electron chi connectivity index (χ2n) is 6.17. The molecule has 0 saturated heterocycles. The molecule has 0 aromatic carbocycles. The predicted octanol–water partition coefficient (Wildman–Crippen LogP) is 3.14. The smallest absolute Gasteiger partial charge is 0.0779 e. The van der Waals surface area contributed by atoms with Crippen LogP contribution in [0.25, 0.3) is 0 Å². The van der Waals surface area contributed by atoms with Crippen LogP contribution in [0, 0.1) is 17.3 Å². The Bertz CT molecular complexity index is 252. The Morgan fingerprint density at radius 3 is 2.62 bits per heavy atom. The summed E-state index contributed by atoms with van der Waals surface area (Å²) in [6, 6.07) is 0. The van der Waals surface area contributed by atoms with E-state index in [0.717, 1.165) is 12.3 Å². The van der Waals surface area contributed by atoms with E-state index < -0.39 is 0 Å². The molecule has 0 aromatic rings. The SMILES string of the molecule is CC1CC(OCC(C)C(N)=S)CC(C)(C)C1. The number of nitrogens with two attached hydrogens (primary N) is 1. The van der Waals surface area contributed by atoms with Crippen molar-refractivity contribution in [2.24, 2.45) is 23.0 Å². The van der Waals surface area contributed by atoms with E-state index in [1.54, 1.807) is 0 Å². The van der Waals surface area contributed by atoms with Crippen molar-refractivity contribution in [2.75, 3.05) is 6.61 Å². The molecule has 3 unspecified atom stereocenters. The first-order valence-electron chi connectivity index (χ1n) is 6.21. The summed E-state index contributed by atoms with van der Waals surface area (Å²) in [7, 11) is 0. The molecule has 1 aliphatic rings. The zero-order valence-electron chi connectivity index (χ0n) is 11.0. The van der Waals surface area contributed by atoms with E-state index in [2.05, 4.69) is 20.8 Å². The summed E-state index contributed by atoms with van der Waals surface area (Å²) in [5.74, 6) is 0.948. The quantitative estimate of drug-likeness (QED) is 0.770. The normalized spacial score (nSPS) is 31.0. The van der Waals surface area contributed by atoms with Crippen LogP contribution < -0.4 is 5.73 Å². The van der Waals surface area contributed by atoms with Gasteiger partial charge in [0, 0.05) is 5.92 Å². The minimum absolute atomic E-state index is 0.190. The molecule has 3 heteroatoms. The highest BCUT2D eigenvalue weighted by molar-refractivity contribution is 7.80. The molecule has 0 aliphatic heterocycles. The molecule has 2 nitrogen and oxygen atoms in total. The fourth-order valence-electron chi connectivity index (χ4n) is 2.75. The van der Waals surface area contributed by atoms with Crippen molar-refractivity contribution in [2.45, 2.75) is 53.1 Å². The Morgan fingerprint density at radius 2 is 2.12 bits per heavy atom. The van der Waals surface area contributed by atoms with Crippen LogP contribution in [0.2, 0.25) is 0 Å². The van der Waals surface area contributed by atoms with Crippen LogP contribution in [0.5, 0.6) is 0 Å². The Kier molecular flexibility index (Phi) is 4.74. The van der Waals surface area contributed by atoms with Crippen LogP contribution >= 0.6 is 12.2 Å². The average molecular weight is 243 g/mol. The molecule has 0 heterocycles. The number of thiocarbonyl (C=S) groups is 1. The highest BCUT2D eigenvalue weighted by atomic mass is 32.1. The maximum Gasteiger partial charge on any atom is 0.0779 e. The molecule has 1 saturated carbocycles.